The molecule has 0 bridgehead atoms. The van der Waals surface area contributed by atoms with Crippen LogP contribution in [0.5, 0.6) is 23.0 Å². The number of aryl methyl sites for hydroxylation is 1. The Kier molecular flexibility index (Phi) is 1.85. The molecule has 16 heavy (non-hydrogen) atoms. The summed E-state index contributed by atoms with van der Waals surface area (Å²) in [7, 11) is 0. The van der Waals surface area contributed by atoms with E-state index in [1.54, 1.807) is 13.8 Å². The standard InChI is InChI=1S/C10H11NO5/c1-3-4(2)11(16)6-5(3)7(12)9(14)10(15)8(6)13/h12-16H,1-2H3. The topological polar surface area (TPSA) is 106 Å². The quantitative estimate of drug-likeness (QED) is 0.264. The van der Waals surface area contributed by atoms with Crippen LogP contribution in [0.15, 0.2) is 0 Å². The van der Waals surface area contributed by atoms with Gasteiger partial charge in [0.15, 0.2) is 11.5 Å². The molecule has 0 aliphatic heterocycles. The van der Waals surface area contributed by atoms with Crippen molar-refractivity contribution in [2.45, 2.75) is 13.8 Å². The fourth-order valence-corrected chi connectivity index (χ4v) is 1.75. The first-order chi connectivity index (χ1) is 7.37. The van der Waals surface area contributed by atoms with Crippen molar-refractivity contribution in [3.63, 3.8) is 0 Å². The Morgan fingerprint density at radius 1 is 0.812 bits per heavy atom. The largest absolute Gasteiger partial charge is 0.504 e. The maximum Gasteiger partial charge on any atom is 0.206 e. The van der Waals surface area contributed by atoms with Gasteiger partial charge in [0, 0.05) is 0 Å². The summed E-state index contributed by atoms with van der Waals surface area (Å²) in [6.45, 7) is 3.18. The van der Waals surface area contributed by atoms with Gasteiger partial charge in [0.2, 0.25) is 11.5 Å². The molecule has 6 nitrogen and oxygen atoms in total. The molecule has 1 aromatic heterocycles. The molecule has 0 saturated heterocycles. The highest BCUT2D eigenvalue weighted by molar-refractivity contribution is 5.99. The second-order valence-corrected chi connectivity index (χ2v) is 3.64. The third-order valence-corrected chi connectivity index (χ3v) is 2.82. The van der Waals surface area contributed by atoms with Gasteiger partial charge in [-0.15, -0.1) is 0 Å². The second kappa shape index (κ2) is 2.88. The van der Waals surface area contributed by atoms with Gasteiger partial charge in [0.05, 0.1) is 11.1 Å². The lowest BCUT2D eigenvalue weighted by atomic mass is 10.1. The number of nitrogens with zero attached hydrogens (tertiary/aromatic N) is 1. The number of phenols is 4. The molecule has 5 N–H and O–H groups in total. The second-order valence-electron chi connectivity index (χ2n) is 3.64. The smallest absolute Gasteiger partial charge is 0.206 e. The molecule has 2 aromatic rings. The Morgan fingerprint density at radius 2 is 1.31 bits per heavy atom. The van der Waals surface area contributed by atoms with E-state index in [4.69, 9.17) is 0 Å². The summed E-state index contributed by atoms with van der Waals surface area (Å²) in [4.78, 5) is 0. The van der Waals surface area contributed by atoms with Gasteiger partial charge in [-0.25, -0.2) is 0 Å². The Balaban J connectivity index is 3.15. The van der Waals surface area contributed by atoms with Crippen LogP contribution in [-0.2, 0) is 0 Å². The Morgan fingerprint density at radius 3 is 1.88 bits per heavy atom. The zero-order chi connectivity index (χ0) is 12.2. The van der Waals surface area contributed by atoms with Crippen molar-refractivity contribution < 1.29 is 25.6 Å². The number of aromatic hydroxyl groups is 4. The highest BCUT2D eigenvalue weighted by atomic mass is 16.5. The van der Waals surface area contributed by atoms with Crippen LogP contribution < -0.4 is 0 Å². The van der Waals surface area contributed by atoms with Gasteiger partial charge >= 0.3 is 0 Å². The van der Waals surface area contributed by atoms with Crippen LogP contribution in [-0.4, -0.2) is 30.4 Å². The summed E-state index contributed by atoms with van der Waals surface area (Å²) < 4.78 is 0.652. The van der Waals surface area contributed by atoms with Crippen LogP contribution in [0.25, 0.3) is 10.9 Å². The van der Waals surface area contributed by atoms with Crippen molar-refractivity contribution in [1.29, 1.82) is 0 Å². The number of aromatic nitrogens is 1. The average Bonchev–Trinajstić information content (AvgIpc) is 2.48. The maximum atomic E-state index is 9.65. The van der Waals surface area contributed by atoms with Crippen molar-refractivity contribution >= 4 is 10.9 Å². The summed E-state index contributed by atoms with van der Waals surface area (Å²) in [5.74, 6) is -2.92. The Labute approximate surface area is 90.2 Å². The normalized spacial score (nSPS) is 11.1. The third-order valence-electron chi connectivity index (χ3n) is 2.82. The van der Waals surface area contributed by atoms with E-state index in [1.807, 2.05) is 0 Å². The van der Waals surface area contributed by atoms with E-state index < -0.39 is 23.0 Å². The van der Waals surface area contributed by atoms with Crippen LogP contribution in [0.3, 0.4) is 0 Å². The summed E-state index contributed by atoms with van der Waals surface area (Å²) >= 11 is 0. The molecule has 0 spiro atoms. The van der Waals surface area contributed by atoms with E-state index in [1.165, 1.54) is 0 Å². The van der Waals surface area contributed by atoms with Crippen molar-refractivity contribution in [2.24, 2.45) is 0 Å². The molecule has 0 unspecified atom stereocenters. The molecule has 0 aliphatic rings. The summed E-state index contributed by atoms with van der Waals surface area (Å²) in [6, 6.07) is 0. The monoisotopic (exact) mass is 225 g/mol. The van der Waals surface area contributed by atoms with Crippen LogP contribution in [0, 0.1) is 13.8 Å². The highest BCUT2D eigenvalue weighted by Crippen LogP contribution is 2.50. The third kappa shape index (κ3) is 0.955. The fraction of sp³-hybridized carbons (Fsp3) is 0.200. The lowest BCUT2D eigenvalue weighted by molar-refractivity contribution is 0.191. The number of fused-ring (bicyclic) bond motifs is 1. The van der Waals surface area contributed by atoms with Crippen LogP contribution in [0.2, 0.25) is 0 Å². The SMILES string of the molecule is Cc1c(C)n(O)c2c(O)c(O)c(O)c(O)c12. The van der Waals surface area contributed by atoms with Gasteiger partial charge in [0.1, 0.15) is 5.52 Å². The number of rotatable bonds is 0. The van der Waals surface area contributed by atoms with Gasteiger partial charge in [-0.2, -0.15) is 4.73 Å². The zero-order valence-corrected chi connectivity index (χ0v) is 8.68. The molecule has 6 heteroatoms. The molecule has 0 aliphatic carbocycles. The van der Waals surface area contributed by atoms with Gasteiger partial charge in [-0.3, -0.25) is 0 Å². The van der Waals surface area contributed by atoms with Crippen molar-refractivity contribution in [2.75, 3.05) is 0 Å². The number of hydrogen-bond acceptors (Lipinski definition) is 5. The Hall–Kier alpha value is -2.24. The van der Waals surface area contributed by atoms with Gasteiger partial charge < -0.3 is 25.6 Å². The molecule has 86 valence electrons. The first kappa shape index (κ1) is 10.3. The molecule has 0 amide bonds. The van der Waals surface area contributed by atoms with Crippen molar-refractivity contribution in [1.82, 2.24) is 4.73 Å². The van der Waals surface area contributed by atoms with E-state index in [9.17, 15) is 25.6 Å². The molecular weight excluding hydrogens is 214 g/mol. The van der Waals surface area contributed by atoms with Gasteiger partial charge in [-0.05, 0) is 19.4 Å². The summed E-state index contributed by atoms with van der Waals surface area (Å²) in [6.07, 6.45) is 0. The molecule has 0 atom stereocenters. The molecule has 1 aromatic carbocycles. The molecule has 2 rings (SSSR count). The number of hydrogen-bond donors (Lipinski definition) is 5. The molecule has 0 saturated carbocycles. The predicted octanol–water partition coefficient (Wildman–Crippen LogP) is 1.32. The molecule has 1 heterocycles. The summed E-state index contributed by atoms with van der Waals surface area (Å²) in [5.41, 5.74) is 0.758. The van der Waals surface area contributed by atoms with Crippen LogP contribution in [0.1, 0.15) is 11.3 Å². The minimum atomic E-state index is -0.863. The fourth-order valence-electron chi connectivity index (χ4n) is 1.75. The van der Waals surface area contributed by atoms with Gasteiger partial charge in [0.25, 0.3) is 0 Å². The van der Waals surface area contributed by atoms with Crippen LogP contribution in [0.4, 0.5) is 0 Å². The average molecular weight is 225 g/mol. The van der Waals surface area contributed by atoms with E-state index >= 15 is 0 Å². The minimum absolute atomic E-state index is 0.104. The highest BCUT2D eigenvalue weighted by Gasteiger charge is 2.24. The van der Waals surface area contributed by atoms with E-state index in [0.29, 0.717) is 16.0 Å². The first-order valence-electron chi connectivity index (χ1n) is 4.54. The minimum Gasteiger partial charge on any atom is -0.504 e. The molecule has 0 fully saturated rings. The lowest BCUT2D eigenvalue weighted by Gasteiger charge is -2.06. The molecular formula is C10H11NO5. The zero-order valence-electron chi connectivity index (χ0n) is 8.68. The first-order valence-corrected chi connectivity index (χ1v) is 4.54. The van der Waals surface area contributed by atoms with Crippen molar-refractivity contribution in [3.8, 4) is 23.0 Å². The van der Waals surface area contributed by atoms with E-state index in [-0.39, 0.29) is 10.9 Å². The van der Waals surface area contributed by atoms with E-state index in [2.05, 4.69) is 0 Å². The van der Waals surface area contributed by atoms with Gasteiger partial charge in [-0.1, -0.05) is 0 Å². The number of phenolic OH excluding ortho intramolecular Hbond substituents is 4. The number of benzene rings is 1. The predicted molar refractivity (Wildman–Crippen MR) is 55.3 cm³/mol. The van der Waals surface area contributed by atoms with Crippen LogP contribution >= 0.6 is 0 Å². The van der Waals surface area contributed by atoms with E-state index in [0.717, 1.165) is 0 Å². The van der Waals surface area contributed by atoms with Crippen molar-refractivity contribution in [3.05, 3.63) is 11.3 Å². The Bertz CT molecular complexity index is 549. The lowest BCUT2D eigenvalue weighted by Crippen LogP contribution is -1.92. The maximum absolute atomic E-state index is 9.65. The summed E-state index contributed by atoms with van der Waals surface area (Å²) in [5, 5.41) is 47.7. The molecule has 0 radical (unpaired) electrons.